The fraction of sp³-hybridized carbons (Fsp3) is 0.368. The third-order valence-corrected chi connectivity index (χ3v) is 5.88. The van der Waals surface area contributed by atoms with Crippen LogP contribution < -0.4 is 10.4 Å². The fourth-order valence-corrected chi connectivity index (χ4v) is 5.19. The van der Waals surface area contributed by atoms with Gasteiger partial charge in [-0.15, -0.1) is 0 Å². The van der Waals surface area contributed by atoms with E-state index in [4.69, 9.17) is 7.85 Å². The molecular weight excluding hydrogens is 253 g/mol. The van der Waals surface area contributed by atoms with Crippen LogP contribution in [0.2, 0.25) is 0 Å². The second-order valence-corrected chi connectivity index (χ2v) is 6.87. The van der Waals surface area contributed by atoms with Crippen molar-refractivity contribution in [2.75, 3.05) is 4.90 Å². The van der Waals surface area contributed by atoms with Gasteiger partial charge in [-0.1, -0.05) is 35.8 Å². The van der Waals surface area contributed by atoms with E-state index >= 15 is 0 Å². The molecule has 2 radical (unpaired) electrons. The second kappa shape index (κ2) is 4.16. The summed E-state index contributed by atoms with van der Waals surface area (Å²) < 4.78 is 0. The molecule has 2 aliphatic carbocycles. The molecule has 2 bridgehead atoms. The van der Waals surface area contributed by atoms with Crippen molar-refractivity contribution in [1.82, 2.24) is 0 Å². The average Bonchev–Trinajstić information content (AvgIpc) is 3.18. The third kappa shape index (κ3) is 1.54. The predicted octanol–water partition coefficient (Wildman–Crippen LogP) is 3.51. The number of rotatable bonds is 1. The van der Waals surface area contributed by atoms with E-state index in [2.05, 4.69) is 53.4 Å². The first-order valence-electron chi connectivity index (χ1n) is 8.06. The Hall–Kier alpha value is -1.70. The second-order valence-electron chi connectivity index (χ2n) is 6.87. The molecule has 0 saturated heterocycles. The Balaban J connectivity index is 1.71. The van der Waals surface area contributed by atoms with E-state index < -0.39 is 0 Å². The first-order chi connectivity index (χ1) is 10.3. The molecule has 102 valence electrons. The molecule has 2 fully saturated rings. The molecule has 0 amide bonds. The molecule has 0 N–H and O–H groups in total. The van der Waals surface area contributed by atoms with Gasteiger partial charge in [-0.2, -0.15) is 0 Å². The number of para-hydroxylation sites is 1. The molecule has 1 heterocycles. The molecule has 0 aromatic heterocycles. The van der Waals surface area contributed by atoms with Crippen LogP contribution in [-0.2, 0) is 0 Å². The molecule has 21 heavy (non-hydrogen) atoms. The van der Waals surface area contributed by atoms with Crippen molar-refractivity contribution in [3.05, 3.63) is 54.1 Å². The average molecular weight is 271 g/mol. The van der Waals surface area contributed by atoms with Gasteiger partial charge in [0.2, 0.25) is 0 Å². The lowest BCUT2D eigenvalue weighted by molar-refractivity contribution is 0.382. The maximum Gasteiger partial charge on any atom is 0.113 e. The zero-order chi connectivity index (χ0) is 14.0. The lowest BCUT2D eigenvalue weighted by Gasteiger charge is -2.33. The van der Waals surface area contributed by atoms with Gasteiger partial charge in [-0.25, -0.2) is 0 Å². The zero-order valence-corrected chi connectivity index (χ0v) is 12.1. The summed E-state index contributed by atoms with van der Waals surface area (Å²) in [5.41, 5.74) is 5.13. The van der Waals surface area contributed by atoms with Crippen LogP contribution in [0.1, 0.15) is 30.7 Å². The van der Waals surface area contributed by atoms with E-state index in [1.54, 1.807) is 0 Å². The molecule has 2 heteroatoms. The molecule has 2 saturated carbocycles. The quantitative estimate of drug-likeness (QED) is 0.717. The zero-order valence-electron chi connectivity index (χ0n) is 12.1. The first-order valence-corrected chi connectivity index (χ1v) is 8.06. The molecule has 5 rings (SSSR count). The van der Waals surface area contributed by atoms with Crippen molar-refractivity contribution < 1.29 is 0 Å². The summed E-state index contributed by atoms with van der Waals surface area (Å²) >= 11 is 0. The SMILES string of the molecule is [B]c1ccc2c(c1)C1C3CCC(C3)C1N2c1ccccc1. The topological polar surface area (TPSA) is 3.24 Å². The van der Waals surface area contributed by atoms with Crippen molar-refractivity contribution in [3.63, 3.8) is 0 Å². The van der Waals surface area contributed by atoms with Crippen LogP contribution in [0.25, 0.3) is 0 Å². The fourth-order valence-electron chi connectivity index (χ4n) is 5.19. The van der Waals surface area contributed by atoms with Crippen LogP contribution in [0, 0.1) is 11.8 Å². The van der Waals surface area contributed by atoms with Crippen LogP contribution in [-0.4, -0.2) is 13.9 Å². The maximum atomic E-state index is 6.08. The maximum absolute atomic E-state index is 6.08. The summed E-state index contributed by atoms with van der Waals surface area (Å²) in [6.45, 7) is 0. The molecule has 3 aliphatic rings. The highest BCUT2D eigenvalue weighted by Crippen LogP contribution is 2.62. The number of benzene rings is 2. The van der Waals surface area contributed by atoms with Gasteiger partial charge < -0.3 is 4.90 Å². The van der Waals surface area contributed by atoms with E-state index in [1.165, 1.54) is 36.2 Å². The minimum Gasteiger partial charge on any atom is -0.337 e. The van der Waals surface area contributed by atoms with Gasteiger partial charge in [-0.05, 0) is 54.9 Å². The predicted molar refractivity (Wildman–Crippen MR) is 87.8 cm³/mol. The molecular formula is C19H18BN. The lowest BCUT2D eigenvalue weighted by Crippen LogP contribution is -2.35. The Labute approximate surface area is 127 Å². The van der Waals surface area contributed by atoms with Crippen molar-refractivity contribution in [2.45, 2.75) is 31.2 Å². The molecule has 1 aliphatic heterocycles. The van der Waals surface area contributed by atoms with Crippen molar-refractivity contribution >= 4 is 24.7 Å². The summed E-state index contributed by atoms with van der Waals surface area (Å²) in [4.78, 5) is 2.60. The van der Waals surface area contributed by atoms with Gasteiger partial charge in [-0.3, -0.25) is 0 Å². The molecule has 4 atom stereocenters. The summed E-state index contributed by atoms with van der Waals surface area (Å²) in [5, 5.41) is 0. The lowest BCUT2D eigenvalue weighted by atomic mass is 9.80. The third-order valence-electron chi connectivity index (χ3n) is 5.88. The Morgan fingerprint density at radius 2 is 1.76 bits per heavy atom. The molecule has 4 unspecified atom stereocenters. The molecule has 2 aromatic rings. The smallest absolute Gasteiger partial charge is 0.113 e. The Morgan fingerprint density at radius 3 is 2.62 bits per heavy atom. The van der Waals surface area contributed by atoms with Gasteiger partial charge in [0.15, 0.2) is 0 Å². The minimum absolute atomic E-state index is 0.656. The van der Waals surface area contributed by atoms with Crippen molar-refractivity contribution in [2.24, 2.45) is 11.8 Å². The van der Waals surface area contributed by atoms with Crippen LogP contribution in [0.4, 0.5) is 11.4 Å². The van der Waals surface area contributed by atoms with E-state index in [0.29, 0.717) is 12.0 Å². The van der Waals surface area contributed by atoms with E-state index in [1.807, 2.05) is 0 Å². The molecule has 2 aromatic carbocycles. The Kier molecular flexibility index (Phi) is 2.36. The molecule has 1 nitrogen and oxygen atoms in total. The van der Waals surface area contributed by atoms with Gasteiger partial charge in [0.1, 0.15) is 7.85 Å². The van der Waals surface area contributed by atoms with Crippen molar-refractivity contribution in [1.29, 1.82) is 0 Å². The van der Waals surface area contributed by atoms with Crippen LogP contribution in [0.5, 0.6) is 0 Å². The Morgan fingerprint density at radius 1 is 0.952 bits per heavy atom. The summed E-state index contributed by atoms with van der Waals surface area (Å²) in [5.74, 6) is 2.42. The summed E-state index contributed by atoms with van der Waals surface area (Å²) in [7, 11) is 6.08. The summed E-state index contributed by atoms with van der Waals surface area (Å²) in [6.07, 6.45) is 4.22. The summed E-state index contributed by atoms with van der Waals surface area (Å²) in [6, 6.07) is 18.1. The molecule has 0 spiro atoms. The van der Waals surface area contributed by atoms with E-state index in [9.17, 15) is 0 Å². The van der Waals surface area contributed by atoms with Crippen LogP contribution in [0.15, 0.2) is 48.5 Å². The number of anilines is 2. The van der Waals surface area contributed by atoms with Gasteiger partial charge in [0.25, 0.3) is 0 Å². The highest BCUT2D eigenvalue weighted by molar-refractivity contribution is 6.32. The van der Waals surface area contributed by atoms with Gasteiger partial charge >= 0.3 is 0 Å². The number of fused-ring (bicyclic) bond motifs is 7. The Bertz CT molecular complexity index is 696. The first kappa shape index (κ1) is 11.9. The highest BCUT2D eigenvalue weighted by Gasteiger charge is 2.55. The van der Waals surface area contributed by atoms with Gasteiger partial charge in [0.05, 0.1) is 0 Å². The van der Waals surface area contributed by atoms with Gasteiger partial charge in [0, 0.05) is 23.3 Å². The van der Waals surface area contributed by atoms with Crippen molar-refractivity contribution in [3.8, 4) is 0 Å². The van der Waals surface area contributed by atoms with E-state index in [-0.39, 0.29) is 0 Å². The monoisotopic (exact) mass is 271 g/mol. The largest absolute Gasteiger partial charge is 0.337 e. The van der Waals surface area contributed by atoms with Crippen LogP contribution >= 0.6 is 0 Å². The normalized spacial score (nSPS) is 32.3. The van der Waals surface area contributed by atoms with Crippen LogP contribution in [0.3, 0.4) is 0 Å². The standard InChI is InChI=1S/C19H18BN/c20-14-8-9-17-16(11-14)18-12-6-7-13(10-12)19(18)21(17)15-4-2-1-3-5-15/h1-5,8-9,11-13,18-19H,6-7,10H2. The number of nitrogens with zero attached hydrogens (tertiary/aromatic N) is 1. The number of hydrogen-bond donors (Lipinski definition) is 0. The minimum atomic E-state index is 0.656. The number of hydrogen-bond acceptors (Lipinski definition) is 1. The van der Waals surface area contributed by atoms with E-state index in [0.717, 1.165) is 17.3 Å². The highest BCUT2D eigenvalue weighted by atomic mass is 15.2.